The zero-order valence-electron chi connectivity index (χ0n) is 26.8. The van der Waals surface area contributed by atoms with E-state index in [2.05, 4.69) is 193 Å². The van der Waals surface area contributed by atoms with Gasteiger partial charge in [-0.05, 0) is 80.6 Å². The molecule has 0 saturated carbocycles. The third-order valence-electron chi connectivity index (χ3n) is 10.3. The molecule has 49 heavy (non-hydrogen) atoms. The molecule has 230 valence electrons. The van der Waals surface area contributed by atoms with Crippen LogP contribution in [0.25, 0.3) is 42.1 Å². The maximum Gasteiger partial charge on any atom is 0.0713 e. The molecular weight excluding hydrogens is 611 g/mol. The molecule has 0 spiro atoms. The van der Waals surface area contributed by atoms with Crippen LogP contribution in [0, 0.1) is 0 Å². The van der Waals surface area contributed by atoms with Crippen molar-refractivity contribution in [2.75, 3.05) is 4.90 Å². The SMILES string of the molecule is c1ccc(N(c2ccc(C3(c4ccccc4)c4ccccc4-c4ccccc43)cc2)c2cccc3c2sc2ccc4ccccc4c23)cc1. The van der Waals surface area contributed by atoms with Crippen molar-refractivity contribution in [1.29, 1.82) is 0 Å². The molecule has 0 atom stereocenters. The number of benzene rings is 8. The van der Waals surface area contributed by atoms with E-state index in [1.54, 1.807) is 0 Å². The molecule has 1 aliphatic rings. The predicted octanol–water partition coefficient (Wildman–Crippen LogP) is 13.0. The molecule has 0 unspecified atom stereocenters. The molecule has 9 aromatic rings. The molecule has 0 radical (unpaired) electrons. The second-order valence-electron chi connectivity index (χ2n) is 12.8. The standard InChI is InChI=1S/C47H31NS/c1-3-15-33(16-4-1)47(41-23-11-9-20-38(41)39-21-10-12-24-42(39)47)34-27-29-36(30-28-34)48(35-17-5-2-6-18-35)43-25-13-22-40-45-37-19-8-7-14-32(37)26-31-44(45)49-46(40)43/h1-31H. The summed E-state index contributed by atoms with van der Waals surface area (Å²) < 4.78 is 2.61. The molecule has 0 aliphatic heterocycles. The second-order valence-corrected chi connectivity index (χ2v) is 13.9. The van der Waals surface area contributed by atoms with Crippen molar-refractivity contribution in [2.45, 2.75) is 5.41 Å². The van der Waals surface area contributed by atoms with E-state index in [0.29, 0.717) is 0 Å². The number of anilines is 3. The van der Waals surface area contributed by atoms with Gasteiger partial charge in [-0.15, -0.1) is 11.3 Å². The fraction of sp³-hybridized carbons (Fsp3) is 0.0213. The minimum Gasteiger partial charge on any atom is -0.309 e. The minimum absolute atomic E-state index is 0.420. The lowest BCUT2D eigenvalue weighted by molar-refractivity contribution is 0.768. The summed E-state index contributed by atoms with van der Waals surface area (Å²) >= 11 is 1.88. The van der Waals surface area contributed by atoms with E-state index in [9.17, 15) is 0 Å². The van der Waals surface area contributed by atoms with Crippen molar-refractivity contribution in [1.82, 2.24) is 0 Å². The molecule has 10 rings (SSSR count). The van der Waals surface area contributed by atoms with Crippen LogP contribution in [0.2, 0.25) is 0 Å². The zero-order valence-corrected chi connectivity index (χ0v) is 27.6. The molecule has 0 N–H and O–H groups in total. The summed E-state index contributed by atoms with van der Waals surface area (Å²) in [5, 5.41) is 5.22. The molecule has 0 bridgehead atoms. The van der Waals surface area contributed by atoms with Crippen molar-refractivity contribution in [3.63, 3.8) is 0 Å². The second kappa shape index (κ2) is 11.1. The van der Waals surface area contributed by atoms with E-state index >= 15 is 0 Å². The van der Waals surface area contributed by atoms with Crippen LogP contribution in [-0.2, 0) is 5.41 Å². The molecule has 1 aliphatic carbocycles. The first-order valence-electron chi connectivity index (χ1n) is 16.9. The summed E-state index contributed by atoms with van der Waals surface area (Å²) in [6.45, 7) is 0. The summed E-state index contributed by atoms with van der Waals surface area (Å²) in [6.07, 6.45) is 0. The van der Waals surface area contributed by atoms with Crippen LogP contribution >= 0.6 is 11.3 Å². The number of thiophene rings is 1. The topological polar surface area (TPSA) is 3.24 Å². The summed E-state index contributed by atoms with van der Waals surface area (Å²) in [7, 11) is 0. The fourth-order valence-electron chi connectivity index (χ4n) is 8.31. The summed E-state index contributed by atoms with van der Waals surface area (Å²) in [5.41, 5.74) is 10.9. The van der Waals surface area contributed by atoms with Gasteiger partial charge in [0.2, 0.25) is 0 Å². The van der Waals surface area contributed by atoms with Crippen molar-refractivity contribution < 1.29 is 0 Å². The van der Waals surface area contributed by atoms with Gasteiger partial charge in [0.15, 0.2) is 0 Å². The number of fused-ring (bicyclic) bond motifs is 8. The molecule has 1 nitrogen and oxygen atoms in total. The Balaban J connectivity index is 1.20. The first kappa shape index (κ1) is 28.1. The van der Waals surface area contributed by atoms with Crippen LogP contribution in [0.1, 0.15) is 22.3 Å². The number of rotatable bonds is 5. The van der Waals surface area contributed by atoms with E-state index in [1.165, 1.54) is 70.0 Å². The Hall–Kier alpha value is -5.96. The molecule has 0 saturated heterocycles. The Morgan fingerprint density at radius 1 is 0.408 bits per heavy atom. The molecule has 0 amide bonds. The van der Waals surface area contributed by atoms with Gasteiger partial charge in [0.25, 0.3) is 0 Å². The zero-order chi connectivity index (χ0) is 32.4. The van der Waals surface area contributed by atoms with Crippen molar-refractivity contribution in [3.05, 3.63) is 210 Å². The van der Waals surface area contributed by atoms with Crippen LogP contribution in [0.4, 0.5) is 17.1 Å². The van der Waals surface area contributed by atoms with Gasteiger partial charge in [0.05, 0.1) is 15.8 Å². The highest BCUT2D eigenvalue weighted by Gasteiger charge is 2.45. The lowest BCUT2D eigenvalue weighted by Crippen LogP contribution is -2.28. The first-order chi connectivity index (χ1) is 24.3. The number of hydrogen-bond donors (Lipinski definition) is 0. The Morgan fingerprint density at radius 2 is 0.980 bits per heavy atom. The summed E-state index contributed by atoms with van der Waals surface area (Å²) in [5.74, 6) is 0. The minimum atomic E-state index is -0.420. The molecule has 1 aromatic heterocycles. The molecule has 8 aromatic carbocycles. The highest BCUT2D eigenvalue weighted by atomic mass is 32.1. The Morgan fingerprint density at radius 3 is 1.71 bits per heavy atom. The summed E-state index contributed by atoms with van der Waals surface area (Å²) in [4.78, 5) is 2.43. The van der Waals surface area contributed by atoms with Gasteiger partial charge < -0.3 is 4.90 Å². The Bertz CT molecular complexity index is 2610. The average molecular weight is 642 g/mol. The number of nitrogens with zero attached hydrogens (tertiary/aromatic N) is 1. The van der Waals surface area contributed by atoms with Crippen molar-refractivity contribution >= 4 is 59.3 Å². The van der Waals surface area contributed by atoms with E-state index in [4.69, 9.17) is 0 Å². The lowest BCUT2D eigenvalue weighted by atomic mass is 9.68. The third-order valence-corrected chi connectivity index (χ3v) is 11.5. The normalized spacial score (nSPS) is 13.1. The predicted molar refractivity (Wildman–Crippen MR) is 209 cm³/mol. The van der Waals surface area contributed by atoms with Gasteiger partial charge >= 0.3 is 0 Å². The maximum atomic E-state index is 2.43. The van der Waals surface area contributed by atoms with Crippen LogP contribution < -0.4 is 4.90 Å². The Labute approximate surface area is 290 Å². The third kappa shape index (κ3) is 4.11. The largest absolute Gasteiger partial charge is 0.309 e. The maximum absolute atomic E-state index is 2.43. The fourth-order valence-corrected chi connectivity index (χ4v) is 9.53. The highest BCUT2D eigenvalue weighted by molar-refractivity contribution is 7.26. The molecule has 0 fully saturated rings. The van der Waals surface area contributed by atoms with Crippen molar-refractivity contribution in [3.8, 4) is 11.1 Å². The van der Waals surface area contributed by atoms with Gasteiger partial charge in [-0.2, -0.15) is 0 Å². The monoisotopic (exact) mass is 641 g/mol. The lowest BCUT2D eigenvalue weighted by Gasteiger charge is -2.34. The van der Waals surface area contributed by atoms with E-state index in [0.717, 1.165) is 11.4 Å². The van der Waals surface area contributed by atoms with Gasteiger partial charge in [0.1, 0.15) is 0 Å². The first-order valence-corrected chi connectivity index (χ1v) is 17.7. The average Bonchev–Trinajstić information content (AvgIpc) is 3.71. The smallest absolute Gasteiger partial charge is 0.0713 e. The molecular formula is C47H31NS. The van der Waals surface area contributed by atoms with E-state index in [1.807, 2.05) is 11.3 Å². The van der Waals surface area contributed by atoms with Crippen LogP contribution in [0.5, 0.6) is 0 Å². The van der Waals surface area contributed by atoms with Gasteiger partial charge in [-0.3, -0.25) is 0 Å². The quantitative estimate of drug-likeness (QED) is 0.181. The van der Waals surface area contributed by atoms with Crippen LogP contribution in [0.3, 0.4) is 0 Å². The number of para-hydroxylation sites is 1. The van der Waals surface area contributed by atoms with E-state index in [-0.39, 0.29) is 0 Å². The highest BCUT2D eigenvalue weighted by Crippen LogP contribution is 2.56. The van der Waals surface area contributed by atoms with Crippen LogP contribution in [0.15, 0.2) is 188 Å². The summed E-state index contributed by atoms with van der Waals surface area (Å²) in [6, 6.07) is 69.1. The molecule has 1 heterocycles. The number of hydrogen-bond acceptors (Lipinski definition) is 2. The van der Waals surface area contributed by atoms with Gasteiger partial charge in [-0.1, -0.05) is 152 Å². The van der Waals surface area contributed by atoms with Gasteiger partial charge in [-0.25, -0.2) is 0 Å². The van der Waals surface area contributed by atoms with E-state index < -0.39 is 5.41 Å². The van der Waals surface area contributed by atoms with Crippen LogP contribution in [-0.4, -0.2) is 0 Å². The Kier molecular flexibility index (Phi) is 6.34. The molecule has 2 heteroatoms. The van der Waals surface area contributed by atoms with Crippen molar-refractivity contribution in [2.24, 2.45) is 0 Å². The van der Waals surface area contributed by atoms with Gasteiger partial charge in [0, 0.05) is 26.8 Å².